The molecular weight excluding hydrogens is 262 g/mol. The SMILES string of the molecule is CCC(OCCN(C(C)C)C(C)C)C(=O)c1ccccc1. The van der Waals surface area contributed by atoms with E-state index in [4.69, 9.17) is 4.74 Å². The Hall–Kier alpha value is -1.19. The Bertz CT molecular complexity index is 406. The summed E-state index contributed by atoms with van der Waals surface area (Å²) in [6.07, 6.45) is 0.366. The summed E-state index contributed by atoms with van der Waals surface area (Å²) in [6.45, 7) is 12.2. The van der Waals surface area contributed by atoms with Gasteiger partial charge >= 0.3 is 0 Å². The Morgan fingerprint density at radius 1 is 1.10 bits per heavy atom. The molecule has 0 spiro atoms. The summed E-state index contributed by atoms with van der Waals surface area (Å²) in [5, 5.41) is 0. The lowest BCUT2D eigenvalue weighted by atomic mass is 10.0. The second-order valence-electron chi connectivity index (χ2n) is 5.92. The van der Waals surface area contributed by atoms with E-state index < -0.39 is 0 Å². The van der Waals surface area contributed by atoms with Gasteiger partial charge in [-0.2, -0.15) is 0 Å². The second-order valence-corrected chi connectivity index (χ2v) is 5.92. The number of rotatable bonds is 9. The molecule has 0 amide bonds. The maximum atomic E-state index is 12.4. The fourth-order valence-corrected chi connectivity index (χ4v) is 2.58. The summed E-state index contributed by atoms with van der Waals surface area (Å²) in [5.74, 6) is 0.0822. The van der Waals surface area contributed by atoms with Gasteiger partial charge in [0.05, 0.1) is 6.61 Å². The molecule has 0 radical (unpaired) electrons. The molecule has 0 aliphatic carbocycles. The largest absolute Gasteiger partial charge is 0.369 e. The van der Waals surface area contributed by atoms with Crippen LogP contribution in [0.4, 0.5) is 0 Å². The molecule has 0 aliphatic heterocycles. The molecule has 0 saturated heterocycles. The van der Waals surface area contributed by atoms with Crippen molar-refractivity contribution in [3.8, 4) is 0 Å². The van der Waals surface area contributed by atoms with Crippen LogP contribution in [0.3, 0.4) is 0 Å². The monoisotopic (exact) mass is 291 g/mol. The first kappa shape index (κ1) is 17.9. The van der Waals surface area contributed by atoms with Crippen LogP contribution in [-0.4, -0.2) is 42.0 Å². The van der Waals surface area contributed by atoms with Crippen LogP contribution < -0.4 is 0 Å². The highest BCUT2D eigenvalue weighted by Gasteiger charge is 2.20. The first-order valence-corrected chi connectivity index (χ1v) is 7.94. The third kappa shape index (κ3) is 5.60. The number of nitrogens with zero attached hydrogens (tertiary/aromatic N) is 1. The Morgan fingerprint density at radius 3 is 2.14 bits per heavy atom. The Labute approximate surface area is 129 Å². The predicted octanol–water partition coefficient (Wildman–Crippen LogP) is 3.78. The number of benzene rings is 1. The number of ketones is 1. The van der Waals surface area contributed by atoms with Gasteiger partial charge in [0.1, 0.15) is 6.10 Å². The van der Waals surface area contributed by atoms with Crippen molar-refractivity contribution in [1.82, 2.24) is 4.90 Å². The van der Waals surface area contributed by atoms with Crippen molar-refractivity contribution in [2.75, 3.05) is 13.2 Å². The molecule has 1 rings (SSSR count). The van der Waals surface area contributed by atoms with Crippen LogP contribution in [0.25, 0.3) is 0 Å². The topological polar surface area (TPSA) is 29.5 Å². The minimum absolute atomic E-state index is 0.0822. The molecule has 1 aromatic carbocycles. The third-order valence-electron chi connectivity index (χ3n) is 3.72. The molecular formula is C18H29NO2. The average molecular weight is 291 g/mol. The fraction of sp³-hybridized carbons (Fsp3) is 0.611. The molecule has 1 atom stereocenters. The summed E-state index contributed by atoms with van der Waals surface area (Å²) >= 11 is 0. The van der Waals surface area contributed by atoms with Crippen molar-refractivity contribution >= 4 is 5.78 Å². The van der Waals surface area contributed by atoms with Gasteiger partial charge in [0, 0.05) is 24.2 Å². The van der Waals surface area contributed by atoms with Gasteiger partial charge in [-0.25, -0.2) is 0 Å². The first-order chi connectivity index (χ1) is 9.97. The van der Waals surface area contributed by atoms with Crippen LogP contribution in [0.5, 0.6) is 0 Å². The fourth-order valence-electron chi connectivity index (χ4n) is 2.58. The summed E-state index contributed by atoms with van der Waals surface area (Å²) in [4.78, 5) is 14.8. The zero-order valence-corrected chi connectivity index (χ0v) is 14.0. The molecule has 0 saturated carbocycles. The van der Waals surface area contributed by atoms with Gasteiger partial charge < -0.3 is 4.74 Å². The van der Waals surface area contributed by atoms with Crippen molar-refractivity contribution in [3.05, 3.63) is 35.9 Å². The zero-order valence-electron chi connectivity index (χ0n) is 14.0. The van der Waals surface area contributed by atoms with E-state index >= 15 is 0 Å². The first-order valence-electron chi connectivity index (χ1n) is 7.94. The van der Waals surface area contributed by atoms with Gasteiger partial charge in [-0.15, -0.1) is 0 Å². The van der Waals surface area contributed by atoms with Crippen molar-refractivity contribution < 1.29 is 9.53 Å². The van der Waals surface area contributed by atoms with Crippen molar-refractivity contribution in [2.24, 2.45) is 0 Å². The number of hydrogen-bond donors (Lipinski definition) is 0. The number of ether oxygens (including phenoxy) is 1. The lowest BCUT2D eigenvalue weighted by Crippen LogP contribution is -2.40. The van der Waals surface area contributed by atoms with E-state index in [0.29, 0.717) is 25.1 Å². The van der Waals surface area contributed by atoms with Gasteiger partial charge in [0.2, 0.25) is 0 Å². The highest BCUT2D eigenvalue weighted by atomic mass is 16.5. The molecule has 0 fully saturated rings. The number of carbonyl (C=O) groups excluding carboxylic acids is 1. The Balaban J connectivity index is 2.53. The molecule has 0 heterocycles. The molecule has 1 aromatic rings. The minimum atomic E-state index is -0.339. The van der Waals surface area contributed by atoms with Crippen LogP contribution in [0.1, 0.15) is 51.4 Å². The van der Waals surface area contributed by atoms with Crippen LogP contribution in [0.2, 0.25) is 0 Å². The van der Waals surface area contributed by atoms with Gasteiger partial charge in [0.15, 0.2) is 5.78 Å². The third-order valence-corrected chi connectivity index (χ3v) is 3.72. The zero-order chi connectivity index (χ0) is 15.8. The Kier molecular flexibility index (Phi) is 7.62. The number of carbonyl (C=O) groups is 1. The molecule has 118 valence electrons. The highest BCUT2D eigenvalue weighted by Crippen LogP contribution is 2.10. The van der Waals surface area contributed by atoms with E-state index in [2.05, 4.69) is 32.6 Å². The number of hydrogen-bond acceptors (Lipinski definition) is 3. The van der Waals surface area contributed by atoms with E-state index in [0.717, 1.165) is 12.1 Å². The number of Topliss-reactive ketones (excluding diaryl/α,β-unsaturated/α-hetero) is 1. The van der Waals surface area contributed by atoms with Crippen molar-refractivity contribution in [1.29, 1.82) is 0 Å². The van der Waals surface area contributed by atoms with Crippen LogP contribution in [0.15, 0.2) is 30.3 Å². The van der Waals surface area contributed by atoms with E-state index in [9.17, 15) is 4.79 Å². The van der Waals surface area contributed by atoms with Crippen LogP contribution in [0, 0.1) is 0 Å². The standard InChI is InChI=1S/C18H29NO2/c1-6-17(18(20)16-10-8-7-9-11-16)21-13-12-19(14(2)3)15(4)5/h7-11,14-15,17H,6,12-13H2,1-5H3. The summed E-state index contributed by atoms with van der Waals surface area (Å²) in [7, 11) is 0. The average Bonchev–Trinajstić information content (AvgIpc) is 2.47. The molecule has 0 aliphatic rings. The normalized spacial score (nSPS) is 13.1. The summed E-state index contributed by atoms with van der Waals surface area (Å²) < 4.78 is 5.85. The van der Waals surface area contributed by atoms with E-state index in [1.807, 2.05) is 37.3 Å². The highest BCUT2D eigenvalue weighted by molar-refractivity contribution is 5.99. The predicted molar refractivity (Wildman–Crippen MR) is 87.8 cm³/mol. The smallest absolute Gasteiger partial charge is 0.191 e. The summed E-state index contributed by atoms with van der Waals surface area (Å²) in [6, 6.07) is 10.4. The molecule has 0 N–H and O–H groups in total. The quantitative estimate of drug-likeness (QED) is 0.648. The van der Waals surface area contributed by atoms with E-state index in [1.54, 1.807) is 0 Å². The maximum absolute atomic E-state index is 12.4. The van der Waals surface area contributed by atoms with Crippen molar-refractivity contribution in [3.63, 3.8) is 0 Å². The van der Waals surface area contributed by atoms with E-state index in [1.165, 1.54) is 0 Å². The van der Waals surface area contributed by atoms with Gasteiger partial charge in [-0.3, -0.25) is 9.69 Å². The lowest BCUT2D eigenvalue weighted by molar-refractivity contribution is 0.0236. The molecule has 0 aromatic heterocycles. The minimum Gasteiger partial charge on any atom is -0.369 e. The van der Waals surface area contributed by atoms with Crippen molar-refractivity contribution in [2.45, 2.75) is 59.2 Å². The van der Waals surface area contributed by atoms with Crippen LogP contribution >= 0.6 is 0 Å². The van der Waals surface area contributed by atoms with Gasteiger partial charge in [-0.1, -0.05) is 37.3 Å². The molecule has 3 nitrogen and oxygen atoms in total. The molecule has 21 heavy (non-hydrogen) atoms. The van der Waals surface area contributed by atoms with E-state index in [-0.39, 0.29) is 11.9 Å². The molecule has 3 heteroatoms. The summed E-state index contributed by atoms with van der Waals surface area (Å²) in [5.41, 5.74) is 0.730. The van der Waals surface area contributed by atoms with Gasteiger partial charge in [-0.05, 0) is 34.1 Å². The lowest BCUT2D eigenvalue weighted by Gasteiger charge is -2.30. The second kappa shape index (κ2) is 8.96. The van der Waals surface area contributed by atoms with Crippen LogP contribution in [-0.2, 0) is 4.74 Å². The van der Waals surface area contributed by atoms with Gasteiger partial charge in [0.25, 0.3) is 0 Å². The molecule has 1 unspecified atom stereocenters. The Morgan fingerprint density at radius 2 is 1.67 bits per heavy atom. The maximum Gasteiger partial charge on any atom is 0.191 e. The molecule has 0 bridgehead atoms.